The number of aromatic nitrogens is 4. The smallest absolute Gasteiger partial charge is 0.188 e. The Kier molecular flexibility index (Phi) is 4.99. The molecule has 0 aliphatic carbocycles. The van der Waals surface area contributed by atoms with Crippen molar-refractivity contribution in [2.75, 3.05) is 18.4 Å². The first-order valence-electron chi connectivity index (χ1n) is 9.01. The van der Waals surface area contributed by atoms with Gasteiger partial charge in [-0.25, -0.2) is 15.0 Å². The molecule has 0 amide bonds. The van der Waals surface area contributed by atoms with Crippen LogP contribution in [0.15, 0.2) is 36.1 Å². The maximum Gasteiger partial charge on any atom is 0.188 e. The topological polar surface area (TPSA) is 58.9 Å². The van der Waals surface area contributed by atoms with Crippen LogP contribution in [0.3, 0.4) is 0 Å². The van der Waals surface area contributed by atoms with Crippen molar-refractivity contribution < 1.29 is 0 Å². The van der Waals surface area contributed by atoms with Crippen molar-refractivity contribution >= 4 is 22.3 Å². The van der Waals surface area contributed by atoms with Crippen molar-refractivity contribution in [1.82, 2.24) is 24.4 Å². The maximum atomic E-state index is 4.82. The summed E-state index contributed by atoms with van der Waals surface area (Å²) in [4.78, 5) is 16.2. The van der Waals surface area contributed by atoms with Crippen LogP contribution >= 0.6 is 11.3 Å². The molecule has 3 aromatic rings. The minimum Gasteiger partial charge on any atom is -0.337 e. The normalized spacial score (nSPS) is 18.2. The highest BCUT2D eigenvalue weighted by Crippen LogP contribution is 2.30. The highest BCUT2D eigenvalue weighted by atomic mass is 32.1. The van der Waals surface area contributed by atoms with Crippen molar-refractivity contribution in [1.29, 1.82) is 0 Å². The second-order valence-corrected chi connectivity index (χ2v) is 7.81. The largest absolute Gasteiger partial charge is 0.337 e. The van der Waals surface area contributed by atoms with Gasteiger partial charge in [-0.05, 0) is 37.9 Å². The van der Waals surface area contributed by atoms with E-state index < -0.39 is 0 Å². The third-order valence-electron chi connectivity index (χ3n) is 4.88. The number of nitrogens with zero attached hydrogens (tertiary/aromatic N) is 5. The molecule has 0 radical (unpaired) electrons. The van der Waals surface area contributed by atoms with Crippen LogP contribution < -0.4 is 5.32 Å². The first kappa shape index (κ1) is 17.2. The van der Waals surface area contributed by atoms with E-state index in [-0.39, 0.29) is 0 Å². The summed E-state index contributed by atoms with van der Waals surface area (Å²) in [5.74, 6) is 2.45. The highest BCUT2D eigenvalue weighted by Gasteiger charge is 2.24. The zero-order valence-corrected chi connectivity index (χ0v) is 16.0. The van der Waals surface area contributed by atoms with E-state index in [1.165, 1.54) is 18.5 Å². The van der Waals surface area contributed by atoms with Gasteiger partial charge in [0.15, 0.2) is 5.13 Å². The number of pyridine rings is 1. The molecule has 26 heavy (non-hydrogen) atoms. The van der Waals surface area contributed by atoms with Crippen LogP contribution in [-0.4, -0.2) is 37.5 Å². The number of imidazole rings is 1. The molecule has 6 nitrogen and oxygen atoms in total. The molecule has 0 saturated carbocycles. The van der Waals surface area contributed by atoms with Crippen LogP contribution in [-0.2, 0) is 13.6 Å². The molecule has 1 N–H and O–H groups in total. The van der Waals surface area contributed by atoms with E-state index in [1.54, 1.807) is 11.3 Å². The Morgan fingerprint density at radius 2 is 2.23 bits per heavy atom. The molecule has 0 bridgehead atoms. The molecular weight excluding hydrogens is 344 g/mol. The summed E-state index contributed by atoms with van der Waals surface area (Å²) in [7, 11) is 2.06. The summed E-state index contributed by atoms with van der Waals surface area (Å²) in [6.07, 6.45) is 8.15. The Morgan fingerprint density at radius 3 is 3.00 bits per heavy atom. The van der Waals surface area contributed by atoms with E-state index in [2.05, 4.69) is 43.2 Å². The fourth-order valence-corrected chi connectivity index (χ4v) is 4.17. The molecule has 136 valence electrons. The third kappa shape index (κ3) is 3.94. The highest BCUT2D eigenvalue weighted by molar-refractivity contribution is 7.13. The number of piperidine rings is 1. The standard InChI is InChI=1S/C19H24N6S/c1-14-5-6-17(21-10-14)23-19-22-16(13-26-19)15-4-3-8-25(11-15)12-18-20-7-9-24(18)2/h5-7,9-10,13,15H,3-4,8,11-12H2,1-2H3,(H,21,22,23)/t15-/m0/s1. The maximum absolute atomic E-state index is 4.82. The zero-order chi connectivity index (χ0) is 17.9. The molecule has 0 aromatic carbocycles. The van der Waals surface area contributed by atoms with Crippen molar-refractivity contribution in [2.24, 2.45) is 7.05 Å². The van der Waals surface area contributed by atoms with Crippen LogP contribution in [0.4, 0.5) is 10.9 Å². The predicted octanol–water partition coefficient (Wildman–Crippen LogP) is 3.70. The monoisotopic (exact) mass is 368 g/mol. The van der Waals surface area contributed by atoms with Crippen LogP contribution in [0.5, 0.6) is 0 Å². The molecule has 1 aliphatic heterocycles. The number of likely N-dealkylation sites (tertiary alicyclic amines) is 1. The predicted molar refractivity (Wildman–Crippen MR) is 105 cm³/mol. The molecule has 1 saturated heterocycles. The van der Waals surface area contributed by atoms with E-state index in [0.29, 0.717) is 5.92 Å². The van der Waals surface area contributed by atoms with Gasteiger partial charge in [-0.3, -0.25) is 4.90 Å². The number of hydrogen-bond donors (Lipinski definition) is 1. The fourth-order valence-electron chi connectivity index (χ4n) is 3.37. The number of nitrogens with one attached hydrogen (secondary N) is 1. The van der Waals surface area contributed by atoms with Crippen molar-refractivity contribution in [3.8, 4) is 0 Å². The molecule has 3 aromatic heterocycles. The molecule has 0 spiro atoms. The van der Waals surface area contributed by atoms with E-state index in [4.69, 9.17) is 4.98 Å². The summed E-state index contributed by atoms with van der Waals surface area (Å²) in [6, 6.07) is 4.05. The van der Waals surface area contributed by atoms with Gasteiger partial charge in [-0.15, -0.1) is 11.3 Å². The summed E-state index contributed by atoms with van der Waals surface area (Å²) in [6.45, 7) is 5.12. The van der Waals surface area contributed by atoms with Gasteiger partial charge in [-0.1, -0.05) is 6.07 Å². The van der Waals surface area contributed by atoms with Gasteiger partial charge in [0.25, 0.3) is 0 Å². The number of aryl methyl sites for hydroxylation is 2. The molecule has 7 heteroatoms. The van der Waals surface area contributed by atoms with Gasteiger partial charge >= 0.3 is 0 Å². The Labute approximate surface area is 157 Å². The number of rotatable bonds is 5. The van der Waals surface area contributed by atoms with Gasteiger partial charge in [0.2, 0.25) is 0 Å². The SMILES string of the molecule is Cc1ccc(Nc2nc([C@H]3CCCN(Cc4nccn4C)C3)cs2)nc1. The molecule has 4 heterocycles. The second kappa shape index (κ2) is 7.55. The van der Waals surface area contributed by atoms with Crippen molar-refractivity contribution in [2.45, 2.75) is 32.2 Å². The molecule has 1 fully saturated rings. The lowest BCUT2D eigenvalue weighted by atomic mass is 9.95. The fraction of sp³-hybridized carbons (Fsp3) is 0.421. The lowest BCUT2D eigenvalue weighted by molar-refractivity contribution is 0.193. The van der Waals surface area contributed by atoms with Crippen molar-refractivity contribution in [3.05, 3.63) is 53.2 Å². The van der Waals surface area contributed by atoms with Crippen LogP contribution in [0.1, 0.15) is 35.8 Å². The summed E-state index contributed by atoms with van der Waals surface area (Å²) < 4.78 is 2.10. The number of anilines is 2. The van der Waals surface area contributed by atoms with Crippen LogP contribution in [0.25, 0.3) is 0 Å². The van der Waals surface area contributed by atoms with E-state index in [0.717, 1.165) is 42.0 Å². The average Bonchev–Trinajstić information content (AvgIpc) is 3.27. The Bertz CT molecular complexity index is 853. The summed E-state index contributed by atoms with van der Waals surface area (Å²) >= 11 is 1.65. The molecule has 1 aliphatic rings. The van der Waals surface area contributed by atoms with E-state index >= 15 is 0 Å². The Hall–Kier alpha value is -2.25. The summed E-state index contributed by atoms with van der Waals surface area (Å²) in [5.41, 5.74) is 2.35. The van der Waals surface area contributed by atoms with Crippen LogP contribution in [0.2, 0.25) is 0 Å². The minimum absolute atomic E-state index is 0.488. The van der Waals surface area contributed by atoms with Gasteiger partial charge in [0.1, 0.15) is 11.6 Å². The number of thiazole rings is 1. The average molecular weight is 369 g/mol. The zero-order valence-electron chi connectivity index (χ0n) is 15.2. The molecule has 1 atom stereocenters. The van der Waals surface area contributed by atoms with Gasteiger partial charge in [0.05, 0.1) is 12.2 Å². The molecule has 4 rings (SSSR count). The lowest BCUT2D eigenvalue weighted by Crippen LogP contribution is -2.34. The van der Waals surface area contributed by atoms with Gasteiger partial charge < -0.3 is 9.88 Å². The van der Waals surface area contributed by atoms with E-state index in [1.807, 2.05) is 31.6 Å². The van der Waals surface area contributed by atoms with Gasteiger partial charge in [-0.2, -0.15) is 0 Å². The Morgan fingerprint density at radius 1 is 1.31 bits per heavy atom. The third-order valence-corrected chi connectivity index (χ3v) is 5.65. The van der Waals surface area contributed by atoms with Crippen molar-refractivity contribution in [3.63, 3.8) is 0 Å². The second-order valence-electron chi connectivity index (χ2n) is 6.95. The van der Waals surface area contributed by atoms with Gasteiger partial charge in [0, 0.05) is 43.5 Å². The van der Waals surface area contributed by atoms with E-state index in [9.17, 15) is 0 Å². The quantitative estimate of drug-likeness (QED) is 0.744. The summed E-state index contributed by atoms with van der Waals surface area (Å²) in [5, 5.41) is 6.42. The first-order valence-corrected chi connectivity index (χ1v) is 9.89. The lowest BCUT2D eigenvalue weighted by Gasteiger charge is -2.31. The number of hydrogen-bond acceptors (Lipinski definition) is 6. The minimum atomic E-state index is 0.488. The molecule has 0 unspecified atom stereocenters. The molecular formula is C19H24N6S. The first-order chi connectivity index (χ1) is 12.7. The Balaban J connectivity index is 1.40. The van der Waals surface area contributed by atoms with Crippen LogP contribution in [0, 0.1) is 6.92 Å².